The molecular weight excluding hydrogens is 332 g/mol. The summed E-state index contributed by atoms with van der Waals surface area (Å²) in [5.74, 6) is 0.425. The molecule has 2 N–H and O–H groups in total. The van der Waals surface area contributed by atoms with E-state index in [0.29, 0.717) is 29.1 Å². The lowest BCUT2D eigenvalue weighted by molar-refractivity contribution is -0.120. The molecule has 0 spiro atoms. The molecule has 1 aliphatic heterocycles. The van der Waals surface area contributed by atoms with Crippen molar-refractivity contribution in [2.75, 3.05) is 23.3 Å². The number of hydrogen-bond donors (Lipinski definition) is 2. The zero-order valence-electron chi connectivity index (χ0n) is 14.1. The molecule has 0 aliphatic carbocycles. The Kier molecular flexibility index (Phi) is 4.30. The van der Waals surface area contributed by atoms with Gasteiger partial charge >= 0.3 is 0 Å². The van der Waals surface area contributed by atoms with E-state index in [-0.39, 0.29) is 17.4 Å². The molecule has 0 bridgehead atoms. The van der Waals surface area contributed by atoms with Crippen molar-refractivity contribution in [3.8, 4) is 0 Å². The van der Waals surface area contributed by atoms with Gasteiger partial charge in [0, 0.05) is 31.2 Å². The first-order valence-electron chi connectivity index (χ1n) is 8.51. The molecule has 0 saturated carbocycles. The summed E-state index contributed by atoms with van der Waals surface area (Å²) >= 11 is 0. The van der Waals surface area contributed by atoms with Gasteiger partial charge in [0.1, 0.15) is 0 Å². The molecule has 3 heterocycles. The average Bonchev–Trinajstić information content (AvgIpc) is 2.69. The van der Waals surface area contributed by atoms with Crippen LogP contribution in [-0.2, 0) is 4.79 Å². The van der Waals surface area contributed by atoms with Crippen molar-refractivity contribution >= 4 is 28.4 Å². The van der Waals surface area contributed by atoms with E-state index in [4.69, 9.17) is 0 Å². The van der Waals surface area contributed by atoms with E-state index < -0.39 is 0 Å². The van der Waals surface area contributed by atoms with Crippen LogP contribution in [0, 0.1) is 5.92 Å². The monoisotopic (exact) mass is 350 g/mol. The van der Waals surface area contributed by atoms with Crippen LogP contribution in [0.1, 0.15) is 12.8 Å². The molecule has 1 atom stereocenters. The third-order valence-electron chi connectivity index (χ3n) is 4.54. The van der Waals surface area contributed by atoms with Gasteiger partial charge < -0.3 is 15.2 Å². The van der Waals surface area contributed by atoms with Crippen LogP contribution >= 0.6 is 0 Å². The predicted octanol–water partition coefficient (Wildman–Crippen LogP) is 1.57. The first kappa shape index (κ1) is 16.2. The number of benzene rings is 1. The van der Waals surface area contributed by atoms with Crippen molar-refractivity contribution < 1.29 is 4.79 Å². The third kappa shape index (κ3) is 3.26. The maximum atomic E-state index is 12.7. The van der Waals surface area contributed by atoms with Gasteiger partial charge in [-0.15, -0.1) is 0 Å². The molecule has 0 radical (unpaired) electrons. The highest BCUT2D eigenvalue weighted by Crippen LogP contribution is 2.22. The van der Waals surface area contributed by atoms with Crippen molar-refractivity contribution in [3.05, 3.63) is 53.3 Å². The van der Waals surface area contributed by atoms with Gasteiger partial charge in [0.25, 0.3) is 5.56 Å². The van der Waals surface area contributed by atoms with E-state index >= 15 is 0 Å². The lowest BCUT2D eigenvalue weighted by Gasteiger charge is -2.31. The molecular formula is C18H18N6O2. The highest BCUT2D eigenvalue weighted by Gasteiger charge is 2.27. The van der Waals surface area contributed by atoms with Crippen molar-refractivity contribution in [1.29, 1.82) is 0 Å². The number of amides is 1. The fourth-order valence-electron chi connectivity index (χ4n) is 3.22. The normalized spacial score (nSPS) is 17.2. The number of nitrogens with zero attached hydrogens (tertiary/aromatic N) is 4. The number of rotatable bonds is 3. The molecule has 1 aliphatic rings. The van der Waals surface area contributed by atoms with E-state index in [9.17, 15) is 9.59 Å². The van der Waals surface area contributed by atoms with E-state index in [1.54, 1.807) is 36.7 Å². The van der Waals surface area contributed by atoms with Gasteiger partial charge in [-0.05, 0) is 37.1 Å². The molecule has 1 saturated heterocycles. The molecule has 1 unspecified atom stereocenters. The second-order valence-corrected chi connectivity index (χ2v) is 6.29. The number of fused-ring (bicyclic) bond motifs is 1. The summed E-state index contributed by atoms with van der Waals surface area (Å²) in [7, 11) is 0. The minimum atomic E-state index is -0.226. The standard InChI is InChI=1S/C18H18N6O2/c25-16(12-3-1-8-24(10-12)18-19-6-2-7-20-18)23-13-4-5-15-14(9-13)17(26)22-11-21-15/h2,4-7,9,11-12H,1,3,8,10H2,(H,23,25)(H,21,22,26). The number of anilines is 2. The van der Waals surface area contributed by atoms with Gasteiger partial charge in [-0.25, -0.2) is 15.0 Å². The van der Waals surface area contributed by atoms with Crippen LogP contribution in [0.5, 0.6) is 0 Å². The van der Waals surface area contributed by atoms with Gasteiger partial charge in [0.15, 0.2) is 0 Å². The SMILES string of the molecule is O=C(Nc1ccc2nc[nH]c(=O)c2c1)C1CCCN(c2ncccn2)C1. The Bertz CT molecular complexity index is 988. The van der Waals surface area contributed by atoms with Crippen LogP contribution in [0.2, 0.25) is 0 Å². The third-order valence-corrected chi connectivity index (χ3v) is 4.54. The first-order valence-corrected chi connectivity index (χ1v) is 8.51. The van der Waals surface area contributed by atoms with Crippen LogP contribution in [0.4, 0.5) is 11.6 Å². The quantitative estimate of drug-likeness (QED) is 0.743. The zero-order chi connectivity index (χ0) is 17.9. The zero-order valence-corrected chi connectivity index (χ0v) is 14.1. The van der Waals surface area contributed by atoms with Crippen molar-refractivity contribution in [3.63, 3.8) is 0 Å². The van der Waals surface area contributed by atoms with Crippen LogP contribution in [0.25, 0.3) is 10.9 Å². The number of hydrogen-bond acceptors (Lipinski definition) is 6. The summed E-state index contributed by atoms with van der Waals surface area (Å²) < 4.78 is 0. The van der Waals surface area contributed by atoms with Crippen LogP contribution in [-0.4, -0.2) is 38.9 Å². The molecule has 8 nitrogen and oxygen atoms in total. The lowest BCUT2D eigenvalue weighted by Crippen LogP contribution is -2.41. The second-order valence-electron chi connectivity index (χ2n) is 6.29. The highest BCUT2D eigenvalue weighted by molar-refractivity contribution is 5.95. The van der Waals surface area contributed by atoms with E-state index in [2.05, 4.69) is 25.3 Å². The van der Waals surface area contributed by atoms with Crippen molar-refractivity contribution in [1.82, 2.24) is 19.9 Å². The Morgan fingerprint density at radius 1 is 1.23 bits per heavy atom. The molecule has 1 fully saturated rings. The van der Waals surface area contributed by atoms with Gasteiger partial charge in [0.05, 0.1) is 23.1 Å². The van der Waals surface area contributed by atoms with Gasteiger partial charge in [0.2, 0.25) is 11.9 Å². The number of H-pyrrole nitrogens is 1. The van der Waals surface area contributed by atoms with E-state index in [1.165, 1.54) is 6.33 Å². The van der Waals surface area contributed by atoms with Crippen LogP contribution < -0.4 is 15.8 Å². The fraction of sp³-hybridized carbons (Fsp3) is 0.278. The van der Waals surface area contributed by atoms with Crippen LogP contribution in [0.3, 0.4) is 0 Å². The van der Waals surface area contributed by atoms with Crippen molar-refractivity contribution in [2.24, 2.45) is 5.92 Å². The summed E-state index contributed by atoms with van der Waals surface area (Å²) in [4.78, 5) is 41.8. The summed E-state index contributed by atoms with van der Waals surface area (Å²) in [5, 5.41) is 3.37. The topological polar surface area (TPSA) is 104 Å². The number of carbonyl (C=O) groups is 1. The Morgan fingerprint density at radius 2 is 2.08 bits per heavy atom. The summed E-state index contributed by atoms with van der Waals surface area (Å²) in [6, 6.07) is 6.91. The van der Waals surface area contributed by atoms with Crippen LogP contribution in [0.15, 0.2) is 47.8 Å². The lowest BCUT2D eigenvalue weighted by atomic mass is 9.97. The summed E-state index contributed by atoms with van der Waals surface area (Å²) in [5.41, 5.74) is 0.960. The Labute approximate surface area is 149 Å². The van der Waals surface area contributed by atoms with E-state index in [1.807, 2.05) is 4.90 Å². The maximum Gasteiger partial charge on any atom is 0.258 e. The molecule has 3 aromatic rings. The van der Waals surface area contributed by atoms with Gasteiger partial charge in [-0.3, -0.25) is 9.59 Å². The highest BCUT2D eigenvalue weighted by atomic mass is 16.2. The molecule has 2 aromatic heterocycles. The maximum absolute atomic E-state index is 12.7. The Hall–Kier alpha value is -3.29. The second kappa shape index (κ2) is 6.91. The van der Waals surface area contributed by atoms with Crippen molar-refractivity contribution in [2.45, 2.75) is 12.8 Å². The van der Waals surface area contributed by atoms with Gasteiger partial charge in [-0.2, -0.15) is 0 Å². The largest absolute Gasteiger partial charge is 0.340 e. The number of aromatic amines is 1. The first-order chi connectivity index (χ1) is 12.7. The molecule has 26 heavy (non-hydrogen) atoms. The Morgan fingerprint density at radius 3 is 2.92 bits per heavy atom. The summed E-state index contributed by atoms with van der Waals surface area (Å²) in [6.45, 7) is 1.41. The average molecular weight is 350 g/mol. The number of nitrogens with one attached hydrogen (secondary N) is 2. The Balaban J connectivity index is 1.49. The summed E-state index contributed by atoms with van der Waals surface area (Å²) in [6.07, 6.45) is 6.48. The number of piperidine rings is 1. The van der Waals surface area contributed by atoms with Gasteiger partial charge in [-0.1, -0.05) is 0 Å². The fourth-order valence-corrected chi connectivity index (χ4v) is 3.22. The van der Waals surface area contributed by atoms with E-state index in [0.717, 1.165) is 19.4 Å². The molecule has 4 rings (SSSR count). The number of aromatic nitrogens is 4. The molecule has 1 amide bonds. The predicted molar refractivity (Wildman–Crippen MR) is 98.0 cm³/mol. The molecule has 1 aromatic carbocycles. The molecule has 132 valence electrons. The number of carbonyl (C=O) groups excluding carboxylic acids is 1. The smallest absolute Gasteiger partial charge is 0.258 e. The minimum Gasteiger partial charge on any atom is -0.340 e. The minimum absolute atomic E-state index is 0.0645. The molecule has 8 heteroatoms.